The van der Waals surface area contributed by atoms with Crippen LogP contribution in [-0.4, -0.2) is 27.1 Å². The maximum absolute atomic E-state index is 14.5. The molecule has 0 atom stereocenters. The molecule has 154 valence electrons. The summed E-state index contributed by atoms with van der Waals surface area (Å²) in [7, 11) is 0. The average molecular weight is 415 g/mol. The van der Waals surface area contributed by atoms with Gasteiger partial charge in [0.15, 0.2) is 17.4 Å². The topological polar surface area (TPSA) is 71.7 Å². The van der Waals surface area contributed by atoms with E-state index in [0.717, 1.165) is 18.2 Å². The number of nitrogens with zero attached hydrogens (tertiary/aromatic N) is 1. The highest BCUT2D eigenvalue weighted by Gasteiger charge is 2.31. The predicted molar refractivity (Wildman–Crippen MR) is 91.8 cm³/mol. The highest BCUT2D eigenvalue weighted by molar-refractivity contribution is 5.91. The molecular weight excluding hydrogens is 401 g/mol. The largest absolute Gasteiger partial charge is 0.573 e. The van der Waals surface area contributed by atoms with Crippen LogP contribution in [0.3, 0.4) is 0 Å². The van der Waals surface area contributed by atoms with Crippen LogP contribution in [0.25, 0.3) is 10.9 Å². The van der Waals surface area contributed by atoms with Gasteiger partial charge in [-0.1, -0.05) is 12.1 Å². The van der Waals surface area contributed by atoms with E-state index < -0.39 is 41.9 Å². The Morgan fingerprint density at radius 3 is 2.34 bits per heavy atom. The van der Waals surface area contributed by atoms with Gasteiger partial charge in [-0.15, -0.1) is 13.2 Å². The molecule has 2 aromatic carbocycles. The van der Waals surface area contributed by atoms with Gasteiger partial charge in [0.25, 0.3) is 0 Å². The van der Waals surface area contributed by atoms with Crippen molar-refractivity contribution in [2.45, 2.75) is 26.3 Å². The van der Waals surface area contributed by atoms with Crippen LogP contribution in [0.2, 0.25) is 0 Å². The maximum Gasteiger partial charge on any atom is 0.573 e. The Morgan fingerprint density at radius 2 is 1.79 bits per heavy atom. The summed E-state index contributed by atoms with van der Waals surface area (Å²) in [6.07, 6.45) is -5.40. The van der Waals surface area contributed by atoms with Crippen molar-refractivity contribution in [1.29, 1.82) is 0 Å². The van der Waals surface area contributed by atoms with Gasteiger partial charge in [-0.2, -0.15) is 0 Å². The molecule has 0 aliphatic heterocycles. The number of carbonyl (C=O) groups is 1. The maximum atomic E-state index is 14.5. The van der Waals surface area contributed by atoms with Crippen LogP contribution in [0, 0.1) is 18.6 Å². The lowest BCUT2D eigenvalue weighted by atomic mass is 10.1. The van der Waals surface area contributed by atoms with Crippen LogP contribution in [0.5, 0.6) is 11.5 Å². The van der Waals surface area contributed by atoms with Crippen molar-refractivity contribution >= 4 is 16.9 Å². The standard InChI is InChI=1S/C19H14F5NO4/c1-9-12(6-15(26)27)16-14(7-13(20)18(28)17(16)21)25(9)8-10-2-4-11(5-3-10)29-19(22,23)24/h2-5,7,28H,6,8H2,1H3,(H,26,27). The summed E-state index contributed by atoms with van der Waals surface area (Å²) >= 11 is 0. The summed E-state index contributed by atoms with van der Waals surface area (Å²) in [6, 6.07) is 5.75. The number of rotatable bonds is 5. The van der Waals surface area contributed by atoms with Gasteiger partial charge >= 0.3 is 12.3 Å². The summed E-state index contributed by atoms with van der Waals surface area (Å²) in [4.78, 5) is 11.2. The first kappa shape index (κ1) is 20.4. The third-order valence-electron chi connectivity index (χ3n) is 4.43. The summed E-state index contributed by atoms with van der Waals surface area (Å²) in [5.41, 5.74) is 0.886. The zero-order chi connectivity index (χ0) is 21.5. The Hall–Kier alpha value is -3.30. The van der Waals surface area contributed by atoms with E-state index in [4.69, 9.17) is 5.11 Å². The first-order chi connectivity index (χ1) is 13.5. The van der Waals surface area contributed by atoms with E-state index >= 15 is 0 Å². The monoisotopic (exact) mass is 415 g/mol. The normalized spacial score (nSPS) is 11.8. The van der Waals surface area contributed by atoms with Gasteiger partial charge in [0.1, 0.15) is 5.75 Å². The van der Waals surface area contributed by atoms with Gasteiger partial charge in [-0.25, -0.2) is 8.78 Å². The summed E-state index contributed by atoms with van der Waals surface area (Å²) in [5.74, 6) is -5.38. The molecular formula is C19H14F5NO4. The number of hydrogen-bond donors (Lipinski definition) is 2. The number of carboxylic acid groups (broad SMARTS) is 1. The lowest BCUT2D eigenvalue weighted by Gasteiger charge is -2.12. The minimum absolute atomic E-state index is 0.00208. The van der Waals surface area contributed by atoms with Crippen LogP contribution < -0.4 is 4.74 Å². The fourth-order valence-corrected chi connectivity index (χ4v) is 3.17. The number of hydrogen-bond acceptors (Lipinski definition) is 3. The van der Waals surface area contributed by atoms with Crippen molar-refractivity contribution in [3.05, 3.63) is 58.8 Å². The molecule has 3 rings (SSSR count). The first-order valence-electron chi connectivity index (χ1n) is 8.23. The second-order valence-electron chi connectivity index (χ2n) is 6.33. The molecule has 0 saturated heterocycles. The number of aliphatic carboxylic acids is 1. The van der Waals surface area contributed by atoms with Crippen molar-refractivity contribution in [2.75, 3.05) is 0 Å². The van der Waals surface area contributed by atoms with Crippen molar-refractivity contribution in [3.63, 3.8) is 0 Å². The molecule has 0 radical (unpaired) electrons. The van der Waals surface area contributed by atoms with E-state index in [9.17, 15) is 31.9 Å². The quantitative estimate of drug-likeness (QED) is 0.602. The van der Waals surface area contributed by atoms with E-state index in [2.05, 4.69) is 4.74 Å². The molecule has 0 amide bonds. The highest BCUT2D eigenvalue weighted by Crippen LogP contribution is 2.35. The van der Waals surface area contributed by atoms with Crippen molar-refractivity contribution < 1.29 is 41.7 Å². The lowest BCUT2D eigenvalue weighted by Crippen LogP contribution is -2.17. The number of fused-ring (bicyclic) bond motifs is 1. The van der Waals surface area contributed by atoms with E-state index in [1.807, 2.05) is 0 Å². The van der Waals surface area contributed by atoms with Crippen LogP contribution in [-0.2, 0) is 17.8 Å². The second-order valence-corrected chi connectivity index (χ2v) is 6.33. The molecule has 0 fully saturated rings. The van der Waals surface area contributed by atoms with Crippen molar-refractivity contribution in [1.82, 2.24) is 4.57 Å². The highest BCUT2D eigenvalue weighted by atomic mass is 19.4. The van der Waals surface area contributed by atoms with Gasteiger partial charge in [-0.05, 0) is 30.2 Å². The van der Waals surface area contributed by atoms with E-state index in [0.29, 0.717) is 11.3 Å². The van der Waals surface area contributed by atoms with Crippen LogP contribution in [0.4, 0.5) is 22.0 Å². The molecule has 0 spiro atoms. The zero-order valence-electron chi connectivity index (χ0n) is 14.8. The number of carboxylic acids is 1. The zero-order valence-corrected chi connectivity index (χ0v) is 14.8. The van der Waals surface area contributed by atoms with Crippen LogP contribution >= 0.6 is 0 Å². The SMILES string of the molecule is Cc1c(CC(=O)O)c2c(F)c(O)c(F)cc2n1Cc1ccc(OC(F)(F)F)cc1. The number of alkyl halides is 3. The number of benzene rings is 2. The minimum Gasteiger partial charge on any atom is -0.503 e. The van der Waals surface area contributed by atoms with E-state index in [1.165, 1.54) is 23.6 Å². The number of aromatic hydroxyl groups is 1. The van der Waals surface area contributed by atoms with Gasteiger partial charge in [0.2, 0.25) is 0 Å². The van der Waals surface area contributed by atoms with E-state index in [-0.39, 0.29) is 23.0 Å². The predicted octanol–water partition coefficient (Wildman–Crippen LogP) is 4.51. The molecule has 0 bridgehead atoms. The van der Waals surface area contributed by atoms with E-state index in [1.54, 1.807) is 0 Å². The summed E-state index contributed by atoms with van der Waals surface area (Å²) < 4.78 is 70.4. The van der Waals surface area contributed by atoms with Gasteiger partial charge < -0.3 is 19.5 Å². The number of halogens is 5. The number of phenolic OH excluding ortho intramolecular Hbond substituents is 1. The number of phenols is 1. The molecule has 1 aromatic heterocycles. The molecule has 2 N–H and O–H groups in total. The smallest absolute Gasteiger partial charge is 0.503 e. The van der Waals surface area contributed by atoms with Crippen LogP contribution in [0.15, 0.2) is 30.3 Å². The molecule has 5 nitrogen and oxygen atoms in total. The Balaban J connectivity index is 2.07. The second kappa shape index (κ2) is 7.26. The van der Waals surface area contributed by atoms with Gasteiger partial charge in [0.05, 0.1) is 11.9 Å². The molecule has 0 unspecified atom stereocenters. The average Bonchev–Trinajstić information content (AvgIpc) is 2.85. The third-order valence-corrected chi connectivity index (χ3v) is 4.43. The molecule has 3 aromatic rings. The fraction of sp³-hybridized carbons (Fsp3) is 0.211. The Morgan fingerprint density at radius 1 is 1.17 bits per heavy atom. The molecule has 10 heteroatoms. The summed E-state index contributed by atoms with van der Waals surface area (Å²) in [5, 5.41) is 18.5. The summed E-state index contributed by atoms with van der Waals surface area (Å²) in [6.45, 7) is 1.51. The third kappa shape index (κ3) is 4.10. The van der Waals surface area contributed by atoms with Crippen LogP contribution in [0.1, 0.15) is 16.8 Å². The van der Waals surface area contributed by atoms with Gasteiger partial charge in [0, 0.05) is 23.7 Å². The molecule has 29 heavy (non-hydrogen) atoms. The Kier molecular flexibility index (Phi) is 5.12. The number of ether oxygens (including phenoxy) is 1. The Bertz CT molecular complexity index is 1090. The minimum atomic E-state index is -4.84. The molecule has 0 aliphatic carbocycles. The Labute approximate surface area is 160 Å². The molecule has 0 aliphatic rings. The van der Waals surface area contributed by atoms with Crippen molar-refractivity contribution in [2.24, 2.45) is 0 Å². The fourth-order valence-electron chi connectivity index (χ4n) is 3.17. The lowest BCUT2D eigenvalue weighted by molar-refractivity contribution is -0.274. The molecule has 1 heterocycles. The van der Waals surface area contributed by atoms with Gasteiger partial charge in [-0.3, -0.25) is 4.79 Å². The number of aromatic nitrogens is 1. The molecule has 0 saturated carbocycles. The van der Waals surface area contributed by atoms with Crippen molar-refractivity contribution in [3.8, 4) is 11.5 Å². The first-order valence-corrected chi connectivity index (χ1v) is 8.23.